The van der Waals surface area contributed by atoms with Crippen molar-refractivity contribution in [3.63, 3.8) is 0 Å². The maximum atomic E-state index is 11.9. The van der Waals surface area contributed by atoms with E-state index in [1.165, 1.54) is 6.07 Å². The van der Waals surface area contributed by atoms with Crippen LogP contribution in [0.3, 0.4) is 0 Å². The molecule has 0 aliphatic rings. The van der Waals surface area contributed by atoms with Gasteiger partial charge in [0, 0.05) is 5.02 Å². The van der Waals surface area contributed by atoms with Gasteiger partial charge < -0.3 is 14.4 Å². The second-order valence-corrected chi connectivity index (χ2v) is 6.28. The fourth-order valence-electron chi connectivity index (χ4n) is 2.14. The largest absolute Gasteiger partial charge is 0.446 e. The Labute approximate surface area is 141 Å². The molecule has 2 N–H and O–H groups in total. The molecule has 122 valence electrons. The van der Waals surface area contributed by atoms with Crippen molar-refractivity contribution < 1.29 is 23.4 Å². The van der Waals surface area contributed by atoms with Gasteiger partial charge in [-0.3, -0.25) is 0 Å². The van der Waals surface area contributed by atoms with Crippen molar-refractivity contribution in [1.29, 1.82) is 0 Å². The summed E-state index contributed by atoms with van der Waals surface area (Å²) in [4.78, 5) is 11.9. The van der Waals surface area contributed by atoms with E-state index in [2.05, 4.69) is 0 Å². The normalized spacial score (nSPS) is 13.4. The monoisotopic (exact) mass is 354 g/mol. The molecule has 0 aliphatic heterocycles. The highest BCUT2D eigenvalue weighted by Gasteiger charge is 2.16. The summed E-state index contributed by atoms with van der Waals surface area (Å²) in [7, 11) is 0. The van der Waals surface area contributed by atoms with E-state index in [1.807, 2.05) is 0 Å². The van der Waals surface area contributed by atoms with Gasteiger partial charge in [0.15, 0.2) is 17.0 Å². The molecule has 2 aromatic rings. The zero-order chi connectivity index (χ0) is 17.0. The zero-order valence-electron chi connectivity index (χ0n) is 12.2. The van der Waals surface area contributed by atoms with Crippen molar-refractivity contribution in [2.45, 2.75) is 13.0 Å². The molecule has 7 heteroatoms. The molecule has 0 aliphatic carbocycles. The maximum absolute atomic E-state index is 11.9. The van der Waals surface area contributed by atoms with Crippen molar-refractivity contribution in [1.82, 2.24) is 0 Å². The lowest BCUT2D eigenvalue weighted by Crippen LogP contribution is -2.11. The minimum atomic E-state index is -2.22. The van der Waals surface area contributed by atoms with Crippen LogP contribution in [0.2, 0.25) is 5.02 Å². The summed E-state index contributed by atoms with van der Waals surface area (Å²) in [6.07, 6.45) is -0.952. The molecule has 0 saturated carbocycles. The summed E-state index contributed by atoms with van der Waals surface area (Å²) >= 11 is 3.70. The minimum Gasteiger partial charge on any atom is -0.446 e. The van der Waals surface area contributed by atoms with Gasteiger partial charge in [0.25, 0.3) is 0 Å². The third-order valence-electron chi connectivity index (χ3n) is 3.11. The van der Waals surface area contributed by atoms with E-state index in [9.17, 15) is 14.1 Å². The molecule has 0 fully saturated rings. The molecule has 2 rings (SSSR count). The van der Waals surface area contributed by atoms with Gasteiger partial charge in [-0.25, -0.2) is 9.00 Å². The summed E-state index contributed by atoms with van der Waals surface area (Å²) in [6.45, 7) is 1.77. The van der Waals surface area contributed by atoms with Crippen molar-refractivity contribution >= 4 is 28.7 Å². The van der Waals surface area contributed by atoms with Crippen LogP contribution in [0.5, 0.6) is 0 Å². The lowest BCUT2D eigenvalue weighted by atomic mass is 9.97. The molecule has 2 aromatic carbocycles. The van der Waals surface area contributed by atoms with Gasteiger partial charge in [0.05, 0.1) is 5.56 Å². The Balaban J connectivity index is 2.29. The molecule has 0 bridgehead atoms. The van der Waals surface area contributed by atoms with Crippen LogP contribution in [-0.2, 0) is 15.8 Å². The number of aryl methyl sites for hydroxylation is 1. The van der Waals surface area contributed by atoms with Gasteiger partial charge in [-0.2, -0.15) is 0 Å². The number of esters is 1. The second kappa shape index (κ2) is 7.70. The summed E-state index contributed by atoms with van der Waals surface area (Å²) in [5.74, 6) is -1.32. The number of aliphatic hydroxyl groups excluding tert-OH is 1. The van der Waals surface area contributed by atoms with Gasteiger partial charge in [0.2, 0.25) is 0 Å². The molecule has 5 nitrogen and oxygen atoms in total. The maximum Gasteiger partial charge on any atom is 0.339 e. The van der Waals surface area contributed by atoms with Crippen LogP contribution in [0.25, 0.3) is 0 Å². The number of carbonyl (C=O) groups is 1. The smallest absolute Gasteiger partial charge is 0.339 e. The number of halogens is 1. The van der Waals surface area contributed by atoms with Crippen LogP contribution in [0.15, 0.2) is 42.5 Å². The lowest BCUT2D eigenvalue weighted by molar-refractivity contribution is 0.0570. The minimum absolute atomic E-state index is 0.200. The van der Waals surface area contributed by atoms with Crippen molar-refractivity contribution in [2.75, 3.05) is 5.94 Å². The molecule has 0 heterocycles. The number of benzene rings is 2. The lowest BCUT2D eigenvalue weighted by Gasteiger charge is -2.14. The molecular weight excluding hydrogens is 340 g/mol. The van der Waals surface area contributed by atoms with E-state index in [0.29, 0.717) is 16.1 Å². The first-order valence-electron chi connectivity index (χ1n) is 6.66. The Morgan fingerprint density at radius 3 is 2.65 bits per heavy atom. The number of rotatable bonds is 5. The Morgan fingerprint density at radius 2 is 2.00 bits per heavy atom. The van der Waals surface area contributed by atoms with Crippen LogP contribution in [0.1, 0.15) is 33.2 Å². The van der Waals surface area contributed by atoms with Crippen LogP contribution in [-0.4, -0.2) is 25.8 Å². The molecule has 23 heavy (non-hydrogen) atoms. The Morgan fingerprint density at radius 1 is 1.26 bits per heavy atom. The summed E-state index contributed by atoms with van der Waals surface area (Å²) in [6, 6.07) is 11.6. The zero-order valence-corrected chi connectivity index (χ0v) is 13.8. The average Bonchev–Trinajstić information content (AvgIpc) is 2.51. The quantitative estimate of drug-likeness (QED) is 0.636. The van der Waals surface area contributed by atoms with E-state index in [-0.39, 0.29) is 5.56 Å². The highest BCUT2D eigenvalue weighted by molar-refractivity contribution is 7.79. The number of aliphatic hydroxyl groups is 1. The SMILES string of the molecule is Cc1cc(C(=O)OCS(=O)O)cc(C(O)c2cccc(Cl)c2)c1. The van der Waals surface area contributed by atoms with E-state index in [0.717, 1.165) is 5.56 Å². The fourth-order valence-corrected chi connectivity index (χ4v) is 2.55. The van der Waals surface area contributed by atoms with Gasteiger partial charge in [-0.05, 0) is 47.9 Å². The first-order chi connectivity index (χ1) is 10.9. The first kappa shape index (κ1) is 17.6. The first-order valence-corrected chi connectivity index (χ1v) is 8.32. The van der Waals surface area contributed by atoms with Crippen molar-refractivity contribution in [3.8, 4) is 0 Å². The third-order valence-corrected chi connectivity index (χ3v) is 3.66. The number of hydrogen-bond donors (Lipinski definition) is 2. The van der Waals surface area contributed by atoms with Crippen molar-refractivity contribution in [2.24, 2.45) is 0 Å². The number of carbonyl (C=O) groups excluding carboxylic acids is 1. The van der Waals surface area contributed by atoms with Crippen LogP contribution in [0, 0.1) is 6.92 Å². The third kappa shape index (κ3) is 4.87. The summed E-state index contributed by atoms with van der Waals surface area (Å²) < 4.78 is 24.0. The molecule has 0 amide bonds. The number of hydrogen-bond acceptors (Lipinski definition) is 4. The Bertz CT molecular complexity index is 747. The topological polar surface area (TPSA) is 83.8 Å². The predicted molar refractivity (Wildman–Crippen MR) is 87.7 cm³/mol. The van der Waals surface area contributed by atoms with Gasteiger partial charge in [0.1, 0.15) is 6.10 Å². The summed E-state index contributed by atoms with van der Waals surface area (Å²) in [5.41, 5.74) is 2.05. The molecule has 0 spiro atoms. The fraction of sp³-hybridized carbons (Fsp3) is 0.188. The Kier molecular flexibility index (Phi) is 5.90. The van der Waals surface area contributed by atoms with E-state index >= 15 is 0 Å². The molecular formula is C16H15ClO5S. The van der Waals surface area contributed by atoms with E-state index < -0.39 is 29.1 Å². The van der Waals surface area contributed by atoms with Crippen molar-refractivity contribution in [3.05, 3.63) is 69.7 Å². The van der Waals surface area contributed by atoms with Gasteiger partial charge >= 0.3 is 5.97 Å². The second-order valence-electron chi connectivity index (χ2n) is 4.96. The van der Waals surface area contributed by atoms with Crippen LogP contribution in [0.4, 0.5) is 0 Å². The predicted octanol–water partition coefficient (Wildman–Crippen LogP) is 3.07. The number of ether oxygens (including phenoxy) is 1. The molecule has 0 radical (unpaired) electrons. The summed E-state index contributed by atoms with van der Waals surface area (Å²) in [5, 5.41) is 11.0. The highest BCUT2D eigenvalue weighted by Crippen LogP contribution is 2.26. The molecule has 2 atom stereocenters. The molecule has 2 unspecified atom stereocenters. The van der Waals surface area contributed by atoms with Gasteiger partial charge in [-0.15, -0.1) is 0 Å². The van der Waals surface area contributed by atoms with E-state index in [1.54, 1.807) is 43.3 Å². The van der Waals surface area contributed by atoms with Gasteiger partial charge in [-0.1, -0.05) is 29.8 Å². The molecule has 0 aromatic heterocycles. The van der Waals surface area contributed by atoms with Crippen LogP contribution < -0.4 is 0 Å². The van der Waals surface area contributed by atoms with Crippen LogP contribution >= 0.6 is 11.6 Å². The average molecular weight is 355 g/mol. The standard InChI is InChI=1S/C16H15ClO5S/c1-10-5-12(15(18)11-3-2-4-14(17)8-11)7-13(6-10)16(19)22-9-23(20)21/h2-8,15,18H,9H2,1H3,(H,20,21). The Hall–Kier alpha value is -1.73. The van der Waals surface area contributed by atoms with E-state index in [4.69, 9.17) is 20.9 Å². The highest BCUT2D eigenvalue weighted by atomic mass is 35.5. The molecule has 0 saturated heterocycles.